The van der Waals surface area contributed by atoms with Crippen molar-refractivity contribution < 1.29 is 22.7 Å². The fourth-order valence-corrected chi connectivity index (χ4v) is 4.28. The summed E-state index contributed by atoms with van der Waals surface area (Å²) in [6.07, 6.45) is 5.04. The van der Waals surface area contributed by atoms with Crippen LogP contribution in [0.15, 0.2) is 59.5 Å². The van der Waals surface area contributed by atoms with Crippen LogP contribution in [-0.4, -0.2) is 45.8 Å². The zero-order valence-electron chi connectivity index (χ0n) is 18.0. The molecular weight excluding hydrogens is 464 g/mol. The maximum absolute atomic E-state index is 12.7. The predicted molar refractivity (Wildman–Crippen MR) is 130 cm³/mol. The normalized spacial score (nSPS) is 15.7. The van der Waals surface area contributed by atoms with E-state index in [4.69, 9.17) is 21.7 Å². The van der Waals surface area contributed by atoms with Crippen molar-refractivity contribution in [3.63, 3.8) is 0 Å². The number of carbonyl (C=O) groups excluding carboxylic acids is 1. The second kappa shape index (κ2) is 11.6. The molecule has 176 valence electrons. The molecule has 3 rings (SSSR count). The molecule has 1 saturated heterocycles. The van der Waals surface area contributed by atoms with Gasteiger partial charge in [0.05, 0.1) is 23.8 Å². The third kappa shape index (κ3) is 7.45. The summed E-state index contributed by atoms with van der Waals surface area (Å²) >= 11 is 5.11. The van der Waals surface area contributed by atoms with E-state index < -0.39 is 15.9 Å². The molecule has 4 N–H and O–H groups in total. The molecule has 0 radical (unpaired) electrons. The molecule has 1 atom stereocenters. The average Bonchev–Trinajstić information content (AvgIpc) is 3.34. The standard InChI is InChI=1S/C22H26N4O5S2/c1-30-20-7-3-2-6-19(20)26-33(28,29)18-11-8-16(9-12-18)10-13-21(27)24-25-22(32)23-15-17-5-4-14-31-17/h2-3,6-13,17,26H,4-5,14-15H2,1H3,(H,24,27)(H2,23,25,32)/b13-10+. The lowest BCUT2D eigenvalue weighted by Crippen LogP contribution is -2.47. The van der Waals surface area contributed by atoms with Crippen molar-refractivity contribution in [1.82, 2.24) is 16.2 Å². The Morgan fingerprint density at radius 1 is 1.18 bits per heavy atom. The maximum Gasteiger partial charge on any atom is 0.262 e. The minimum Gasteiger partial charge on any atom is -0.495 e. The molecule has 1 fully saturated rings. The summed E-state index contributed by atoms with van der Waals surface area (Å²) in [5.74, 6) is 0.00704. The number of nitrogens with one attached hydrogen (secondary N) is 4. The lowest BCUT2D eigenvalue weighted by molar-refractivity contribution is -0.116. The third-order valence-corrected chi connectivity index (χ3v) is 6.41. The number of hydrogen-bond donors (Lipinski definition) is 4. The number of anilines is 1. The Bertz CT molecular complexity index is 1100. The van der Waals surface area contributed by atoms with Crippen molar-refractivity contribution >= 4 is 45.0 Å². The molecule has 9 nitrogen and oxygen atoms in total. The van der Waals surface area contributed by atoms with Crippen molar-refractivity contribution in [1.29, 1.82) is 0 Å². The van der Waals surface area contributed by atoms with Gasteiger partial charge in [0.25, 0.3) is 15.9 Å². The first-order valence-electron chi connectivity index (χ1n) is 10.3. The van der Waals surface area contributed by atoms with Gasteiger partial charge in [-0.3, -0.25) is 20.4 Å². The van der Waals surface area contributed by atoms with E-state index in [-0.39, 0.29) is 11.0 Å². The van der Waals surface area contributed by atoms with E-state index in [1.165, 1.54) is 25.3 Å². The van der Waals surface area contributed by atoms with Crippen LogP contribution in [0.3, 0.4) is 0 Å². The molecular formula is C22H26N4O5S2. The van der Waals surface area contributed by atoms with Crippen LogP contribution < -0.4 is 25.6 Å². The summed E-state index contributed by atoms with van der Waals surface area (Å²) in [6, 6.07) is 12.8. The highest BCUT2D eigenvalue weighted by Gasteiger charge is 2.16. The zero-order valence-corrected chi connectivity index (χ0v) is 19.7. The van der Waals surface area contributed by atoms with Crippen LogP contribution in [0.1, 0.15) is 18.4 Å². The Morgan fingerprint density at radius 2 is 1.94 bits per heavy atom. The average molecular weight is 491 g/mol. The van der Waals surface area contributed by atoms with Crippen molar-refractivity contribution in [2.24, 2.45) is 0 Å². The Balaban J connectivity index is 1.49. The molecule has 1 amide bonds. The molecule has 2 aromatic rings. The number of para-hydroxylation sites is 2. The van der Waals surface area contributed by atoms with Gasteiger partial charge in [-0.2, -0.15) is 0 Å². The SMILES string of the molecule is COc1ccccc1NS(=O)(=O)c1ccc(/C=C/C(=O)NNC(=S)NCC2CCCO2)cc1. The van der Waals surface area contributed by atoms with E-state index in [2.05, 4.69) is 20.9 Å². The quantitative estimate of drug-likeness (QED) is 0.253. The second-order valence-corrected chi connectivity index (χ2v) is 9.26. The summed E-state index contributed by atoms with van der Waals surface area (Å²) in [7, 11) is -2.33. The van der Waals surface area contributed by atoms with E-state index in [0.717, 1.165) is 19.4 Å². The highest BCUT2D eigenvalue weighted by atomic mass is 32.2. The molecule has 0 aliphatic carbocycles. The minimum absolute atomic E-state index is 0.0827. The fourth-order valence-electron chi connectivity index (χ4n) is 3.08. The van der Waals surface area contributed by atoms with Crippen LogP contribution in [0.5, 0.6) is 5.75 Å². The molecule has 0 saturated carbocycles. The Labute approximate surface area is 198 Å². The Hall–Kier alpha value is -3.15. The third-order valence-electron chi connectivity index (χ3n) is 4.78. The number of methoxy groups -OCH3 is 1. The summed E-state index contributed by atoms with van der Waals surface area (Å²) in [5, 5.41) is 3.28. The number of hydrogen-bond acceptors (Lipinski definition) is 6. The van der Waals surface area contributed by atoms with Crippen molar-refractivity contribution in [2.45, 2.75) is 23.8 Å². The Morgan fingerprint density at radius 3 is 2.64 bits per heavy atom. The van der Waals surface area contributed by atoms with Gasteiger partial charge in [0.1, 0.15) is 5.75 Å². The summed E-state index contributed by atoms with van der Waals surface area (Å²) in [5.41, 5.74) is 6.08. The van der Waals surface area contributed by atoms with Gasteiger partial charge in [-0.25, -0.2) is 8.42 Å². The number of hydrazine groups is 1. The van der Waals surface area contributed by atoms with Gasteiger partial charge in [0.15, 0.2) is 5.11 Å². The van der Waals surface area contributed by atoms with Crippen molar-refractivity contribution in [3.8, 4) is 5.75 Å². The molecule has 2 aromatic carbocycles. The van der Waals surface area contributed by atoms with E-state index in [0.29, 0.717) is 28.7 Å². The summed E-state index contributed by atoms with van der Waals surface area (Å²) < 4.78 is 38.5. The van der Waals surface area contributed by atoms with Gasteiger partial charge in [0, 0.05) is 19.2 Å². The highest BCUT2D eigenvalue weighted by Crippen LogP contribution is 2.26. The molecule has 0 spiro atoms. The van der Waals surface area contributed by atoms with E-state index in [9.17, 15) is 13.2 Å². The summed E-state index contributed by atoms with van der Waals surface area (Å²) in [6.45, 7) is 1.35. The van der Waals surface area contributed by atoms with Gasteiger partial charge in [-0.05, 0) is 61.0 Å². The lowest BCUT2D eigenvalue weighted by atomic mass is 10.2. The van der Waals surface area contributed by atoms with Crippen LogP contribution >= 0.6 is 12.2 Å². The monoisotopic (exact) mass is 490 g/mol. The fraction of sp³-hybridized carbons (Fsp3) is 0.273. The lowest BCUT2D eigenvalue weighted by Gasteiger charge is -2.13. The van der Waals surface area contributed by atoms with Crippen LogP contribution in [0, 0.1) is 0 Å². The van der Waals surface area contributed by atoms with Crippen LogP contribution in [0.25, 0.3) is 6.08 Å². The van der Waals surface area contributed by atoms with Gasteiger partial charge in [0.2, 0.25) is 0 Å². The van der Waals surface area contributed by atoms with E-state index in [1.54, 1.807) is 42.5 Å². The van der Waals surface area contributed by atoms with Crippen LogP contribution in [0.2, 0.25) is 0 Å². The first kappa shape index (κ1) is 24.5. The Kier molecular flexibility index (Phi) is 8.64. The largest absolute Gasteiger partial charge is 0.495 e. The topological polar surface area (TPSA) is 118 Å². The number of thiocarbonyl (C=S) groups is 1. The molecule has 1 heterocycles. The molecule has 1 unspecified atom stereocenters. The van der Waals surface area contributed by atoms with Gasteiger partial charge >= 0.3 is 0 Å². The number of amides is 1. The van der Waals surface area contributed by atoms with E-state index in [1.807, 2.05) is 0 Å². The molecule has 33 heavy (non-hydrogen) atoms. The minimum atomic E-state index is -3.80. The van der Waals surface area contributed by atoms with Gasteiger partial charge in [-0.1, -0.05) is 24.3 Å². The number of ether oxygens (including phenoxy) is 2. The molecule has 0 bridgehead atoms. The highest BCUT2D eigenvalue weighted by molar-refractivity contribution is 7.92. The number of carbonyl (C=O) groups is 1. The number of sulfonamides is 1. The second-order valence-electron chi connectivity index (χ2n) is 7.17. The molecule has 11 heteroatoms. The van der Waals surface area contributed by atoms with Gasteiger partial charge < -0.3 is 14.8 Å². The van der Waals surface area contributed by atoms with Crippen LogP contribution in [0.4, 0.5) is 5.69 Å². The van der Waals surface area contributed by atoms with Crippen molar-refractivity contribution in [3.05, 3.63) is 60.2 Å². The molecule has 1 aliphatic heterocycles. The number of rotatable bonds is 8. The first-order valence-corrected chi connectivity index (χ1v) is 12.2. The van der Waals surface area contributed by atoms with Crippen LogP contribution in [-0.2, 0) is 19.6 Å². The van der Waals surface area contributed by atoms with E-state index >= 15 is 0 Å². The molecule has 1 aliphatic rings. The molecule has 0 aromatic heterocycles. The number of benzene rings is 2. The van der Waals surface area contributed by atoms with Gasteiger partial charge in [-0.15, -0.1) is 0 Å². The smallest absolute Gasteiger partial charge is 0.262 e. The predicted octanol–water partition coefficient (Wildman–Crippen LogP) is 2.18. The van der Waals surface area contributed by atoms with Crippen molar-refractivity contribution in [2.75, 3.05) is 25.0 Å². The maximum atomic E-state index is 12.7. The summed E-state index contributed by atoms with van der Waals surface area (Å²) in [4.78, 5) is 12.1. The first-order chi connectivity index (χ1) is 15.9. The zero-order chi connectivity index (χ0) is 23.7.